The van der Waals surface area contributed by atoms with Gasteiger partial charge >= 0.3 is 0 Å². The van der Waals surface area contributed by atoms with Gasteiger partial charge in [-0.2, -0.15) is 0 Å². The van der Waals surface area contributed by atoms with Gasteiger partial charge in [-0.15, -0.1) is 0 Å². The Hall–Kier alpha value is -2.44. The van der Waals surface area contributed by atoms with E-state index in [2.05, 4.69) is 19.3 Å². The fourth-order valence-electron chi connectivity index (χ4n) is 3.15. The van der Waals surface area contributed by atoms with Crippen LogP contribution in [0.25, 0.3) is 0 Å². The lowest BCUT2D eigenvalue weighted by Crippen LogP contribution is -3.05. The molecule has 1 N–H and O–H groups in total. The van der Waals surface area contributed by atoms with E-state index in [4.69, 9.17) is 19.0 Å². The maximum absolute atomic E-state index is 6.26. The van der Waals surface area contributed by atoms with Crippen LogP contribution in [0, 0.1) is 0 Å². The van der Waals surface area contributed by atoms with Crippen molar-refractivity contribution in [1.82, 2.24) is 0 Å². The number of hydrogen-bond donors (Lipinski definition) is 1. The zero-order valence-electron chi connectivity index (χ0n) is 17.4. The van der Waals surface area contributed by atoms with Gasteiger partial charge in [-0.3, -0.25) is 0 Å². The lowest BCUT2D eigenvalue weighted by atomic mass is 9.95. The quantitative estimate of drug-likeness (QED) is 0.461. The first-order chi connectivity index (χ1) is 13.6. The lowest BCUT2D eigenvalue weighted by molar-refractivity contribution is -0.858. The van der Waals surface area contributed by atoms with E-state index in [0.717, 1.165) is 47.1 Å². The predicted octanol–water partition coefficient (Wildman–Crippen LogP) is -0.513. The van der Waals surface area contributed by atoms with E-state index in [9.17, 15) is 0 Å². The Bertz CT molecular complexity index is 809. The summed E-state index contributed by atoms with van der Waals surface area (Å²) in [7, 11) is 7.58. The molecule has 0 aliphatic carbocycles. The van der Waals surface area contributed by atoms with Crippen LogP contribution in [0.1, 0.15) is 30.1 Å². The summed E-state index contributed by atoms with van der Waals surface area (Å²) in [6.07, 6.45) is 1.47. The van der Waals surface area contributed by atoms with E-state index < -0.39 is 0 Å². The average molecular weight is 421 g/mol. The number of nitrogens with one attached hydrogen (secondary N) is 1. The molecule has 0 saturated heterocycles. The van der Waals surface area contributed by atoms with E-state index in [1.807, 2.05) is 42.5 Å². The Morgan fingerprint density at radius 2 is 1.72 bits per heavy atom. The molecule has 0 spiro atoms. The Kier molecular flexibility index (Phi) is 8.61. The monoisotopic (exact) mass is 420 g/mol. The minimum atomic E-state index is -0.140. The predicted molar refractivity (Wildman–Crippen MR) is 109 cm³/mol. The van der Waals surface area contributed by atoms with Crippen LogP contribution in [0.15, 0.2) is 47.6 Å². The first-order valence-corrected chi connectivity index (χ1v) is 9.57. The first kappa shape index (κ1) is 22.8. The minimum Gasteiger partial charge on any atom is -1.00 e. The zero-order valence-corrected chi connectivity index (χ0v) is 18.2. The van der Waals surface area contributed by atoms with Crippen molar-refractivity contribution in [2.45, 2.75) is 18.9 Å². The van der Waals surface area contributed by atoms with E-state index in [1.54, 1.807) is 14.2 Å². The summed E-state index contributed by atoms with van der Waals surface area (Å²) in [4.78, 5) is 7.03. The third-order valence-electron chi connectivity index (χ3n) is 4.72. The number of benzene rings is 2. The Balaban J connectivity index is 0.00000300. The highest BCUT2D eigenvalue weighted by molar-refractivity contribution is 6.04. The molecule has 1 unspecified atom stereocenters. The van der Waals surface area contributed by atoms with Crippen molar-refractivity contribution in [3.8, 4) is 17.2 Å². The molecule has 0 amide bonds. The largest absolute Gasteiger partial charge is 1.00 e. The second-order valence-corrected chi connectivity index (χ2v) is 7.13. The molecule has 158 valence electrons. The molecule has 2 aromatic rings. The van der Waals surface area contributed by atoms with Crippen molar-refractivity contribution in [2.24, 2.45) is 5.16 Å². The molecule has 1 aliphatic heterocycles. The molecule has 0 bridgehead atoms. The fraction of sp³-hybridized carbons (Fsp3) is 0.409. The fourth-order valence-corrected chi connectivity index (χ4v) is 3.15. The summed E-state index contributed by atoms with van der Waals surface area (Å²) < 4.78 is 16.9. The van der Waals surface area contributed by atoms with Gasteiger partial charge < -0.3 is 36.4 Å². The normalized spacial score (nSPS) is 16.6. The average Bonchev–Trinajstić information content (AvgIpc) is 2.72. The summed E-state index contributed by atoms with van der Waals surface area (Å²) in [5.74, 6) is 2.33. The number of oxime groups is 1. The number of quaternary nitrogens is 1. The molecule has 0 fully saturated rings. The minimum absolute atomic E-state index is 0. The van der Waals surface area contributed by atoms with Crippen LogP contribution >= 0.6 is 0 Å². The molecular weight excluding hydrogens is 392 g/mol. The van der Waals surface area contributed by atoms with Crippen LogP contribution in [0.4, 0.5) is 0 Å². The summed E-state index contributed by atoms with van der Waals surface area (Å²) in [5, 5.41) is 4.45. The van der Waals surface area contributed by atoms with Crippen LogP contribution in [-0.4, -0.2) is 47.2 Å². The van der Waals surface area contributed by atoms with E-state index >= 15 is 0 Å². The van der Waals surface area contributed by atoms with Crippen LogP contribution < -0.4 is 31.5 Å². The lowest BCUT2D eigenvalue weighted by Gasteiger charge is -2.27. The summed E-state index contributed by atoms with van der Waals surface area (Å²) >= 11 is 0. The maximum Gasteiger partial charge on any atom is 0.133 e. The standard InChI is InChI=1S/C22H28N2O4.ClH/c1-24(2)12-5-13-27-23-20-15-21(16-6-8-17(25-3)9-7-16)28-22-14-18(26-4)10-11-19(20)22;/h6-11,14,21H,5,12-13,15H2,1-4H3;1H/b23-20+;. The number of fused-ring (bicyclic) bond motifs is 1. The number of ether oxygens (including phenoxy) is 3. The van der Waals surface area contributed by atoms with E-state index in [0.29, 0.717) is 13.0 Å². The van der Waals surface area contributed by atoms with Crippen molar-refractivity contribution < 1.29 is 36.4 Å². The highest BCUT2D eigenvalue weighted by atomic mass is 35.5. The second-order valence-electron chi connectivity index (χ2n) is 7.13. The number of rotatable bonds is 8. The van der Waals surface area contributed by atoms with Gasteiger partial charge in [0.2, 0.25) is 0 Å². The van der Waals surface area contributed by atoms with Crippen LogP contribution in [0.2, 0.25) is 0 Å². The van der Waals surface area contributed by atoms with E-state index in [1.165, 1.54) is 4.90 Å². The summed E-state index contributed by atoms with van der Waals surface area (Å²) in [5.41, 5.74) is 2.91. The van der Waals surface area contributed by atoms with Crippen LogP contribution in [-0.2, 0) is 4.84 Å². The SMILES string of the molecule is COc1ccc(C2C/C(=N\OCCC[NH+](C)C)c3ccc(OC)cc3O2)cc1.[Cl-]. The van der Waals surface area contributed by atoms with Crippen molar-refractivity contribution >= 4 is 5.71 Å². The Morgan fingerprint density at radius 3 is 2.38 bits per heavy atom. The van der Waals surface area contributed by atoms with Crippen molar-refractivity contribution in [1.29, 1.82) is 0 Å². The number of methoxy groups -OCH3 is 2. The third-order valence-corrected chi connectivity index (χ3v) is 4.72. The van der Waals surface area contributed by atoms with Crippen LogP contribution in [0.3, 0.4) is 0 Å². The van der Waals surface area contributed by atoms with Gasteiger partial charge in [-0.05, 0) is 29.8 Å². The van der Waals surface area contributed by atoms with Gasteiger partial charge in [0.05, 0.1) is 40.6 Å². The molecule has 0 aromatic heterocycles. The zero-order chi connectivity index (χ0) is 19.9. The van der Waals surface area contributed by atoms with Crippen molar-refractivity contribution in [3.05, 3.63) is 53.6 Å². The molecule has 7 heteroatoms. The van der Waals surface area contributed by atoms with Crippen LogP contribution in [0.5, 0.6) is 17.2 Å². The van der Waals surface area contributed by atoms with Gasteiger partial charge in [-0.1, -0.05) is 17.3 Å². The molecule has 0 saturated carbocycles. The van der Waals surface area contributed by atoms with E-state index in [-0.39, 0.29) is 18.5 Å². The second kappa shape index (κ2) is 10.9. The highest BCUT2D eigenvalue weighted by Crippen LogP contribution is 2.37. The summed E-state index contributed by atoms with van der Waals surface area (Å²) in [6, 6.07) is 13.7. The van der Waals surface area contributed by atoms with Crippen molar-refractivity contribution in [3.63, 3.8) is 0 Å². The number of hydrogen-bond acceptors (Lipinski definition) is 5. The highest BCUT2D eigenvalue weighted by Gasteiger charge is 2.27. The first-order valence-electron chi connectivity index (χ1n) is 9.57. The molecule has 3 rings (SSSR count). The van der Waals surface area contributed by atoms with Gasteiger partial charge in [0.25, 0.3) is 0 Å². The Morgan fingerprint density at radius 1 is 1.03 bits per heavy atom. The molecule has 1 heterocycles. The van der Waals surface area contributed by atoms with Gasteiger partial charge in [0.15, 0.2) is 0 Å². The molecule has 1 aliphatic rings. The Labute approximate surface area is 178 Å². The molecule has 1 atom stereocenters. The maximum atomic E-state index is 6.26. The molecule has 2 aromatic carbocycles. The molecular formula is C22H29ClN2O4. The summed E-state index contributed by atoms with van der Waals surface area (Å²) in [6.45, 7) is 1.66. The topological polar surface area (TPSA) is 53.7 Å². The molecule has 29 heavy (non-hydrogen) atoms. The van der Waals surface area contributed by atoms with Gasteiger partial charge in [0.1, 0.15) is 30.0 Å². The van der Waals surface area contributed by atoms with Gasteiger partial charge in [-0.25, -0.2) is 0 Å². The van der Waals surface area contributed by atoms with Crippen molar-refractivity contribution in [2.75, 3.05) is 41.5 Å². The molecule has 0 radical (unpaired) electrons. The number of halogens is 1. The van der Waals surface area contributed by atoms with Gasteiger partial charge in [0, 0.05) is 24.5 Å². The number of nitrogens with zero attached hydrogens (tertiary/aromatic N) is 1. The molecule has 6 nitrogen and oxygen atoms in total. The third kappa shape index (κ3) is 6.02. The smallest absolute Gasteiger partial charge is 0.133 e.